The van der Waals surface area contributed by atoms with Crippen molar-refractivity contribution in [2.45, 2.75) is 6.92 Å². The van der Waals surface area contributed by atoms with E-state index in [4.69, 9.17) is 9.47 Å². The smallest absolute Gasteiger partial charge is 0.252 e. The molecule has 4 nitrogen and oxygen atoms in total. The average molecular weight is 411 g/mol. The van der Waals surface area contributed by atoms with Crippen molar-refractivity contribution < 1.29 is 14.3 Å². The second-order valence-electron chi connectivity index (χ2n) is 4.49. The van der Waals surface area contributed by atoms with Crippen LogP contribution in [0.25, 0.3) is 0 Å². The monoisotopic (exact) mass is 411 g/mol. The summed E-state index contributed by atoms with van der Waals surface area (Å²) in [5.41, 5.74) is 0.684. The zero-order valence-corrected chi connectivity index (χ0v) is 14.5. The summed E-state index contributed by atoms with van der Waals surface area (Å²) in [5, 5.41) is 2.85. The Hall–Kier alpha value is -1.76. The molecule has 0 aromatic heterocycles. The van der Waals surface area contributed by atoms with Crippen LogP contribution in [-0.2, 0) is 0 Å². The van der Waals surface area contributed by atoms with E-state index in [0.29, 0.717) is 25.3 Å². The molecule has 0 radical (unpaired) electrons. The molecule has 2 rings (SSSR count). The lowest BCUT2D eigenvalue weighted by atomic mass is 10.2. The summed E-state index contributed by atoms with van der Waals surface area (Å²) in [7, 11) is 0. The molecule has 0 heterocycles. The molecule has 0 aliphatic rings. The third-order valence-corrected chi connectivity index (χ3v) is 3.85. The highest BCUT2D eigenvalue weighted by atomic mass is 127. The predicted octanol–water partition coefficient (Wildman–Crippen LogP) is 3.50. The van der Waals surface area contributed by atoms with Gasteiger partial charge in [-0.05, 0) is 65.9 Å². The topological polar surface area (TPSA) is 47.6 Å². The van der Waals surface area contributed by atoms with Crippen LogP contribution in [0.4, 0.5) is 0 Å². The van der Waals surface area contributed by atoms with E-state index < -0.39 is 0 Å². The van der Waals surface area contributed by atoms with Gasteiger partial charge in [-0.25, -0.2) is 0 Å². The standard InChI is InChI=1S/C17H18INO3/c1-2-21-13-7-9-14(10-8-13)22-12-11-19-17(20)15-5-3-4-6-16(15)18/h3-10H,2,11-12H2,1H3,(H,19,20). The minimum Gasteiger partial charge on any atom is -0.494 e. The Morgan fingerprint density at radius 1 is 1.05 bits per heavy atom. The van der Waals surface area contributed by atoms with Crippen LogP contribution >= 0.6 is 22.6 Å². The first kappa shape index (κ1) is 16.6. The molecule has 1 N–H and O–H groups in total. The van der Waals surface area contributed by atoms with Gasteiger partial charge >= 0.3 is 0 Å². The lowest BCUT2D eigenvalue weighted by Crippen LogP contribution is -2.28. The van der Waals surface area contributed by atoms with Gasteiger partial charge in [0.1, 0.15) is 18.1 Å². The molecule has 0 saturated heterocycles. The van der Waals surface area contributed by atoms with Crippen molar-refractivity contribution in [3.8, 4) is 11.5 Å². The molecule has 2 aromatic carbocycles. The average Bonchev–Trinajstić information content (AvgIpc) is 2.53. The zero-order valence-electron chi connectivity index (χ0n) is 12.3. The molecule has 0 unspecified atom stereocenters. The van der Waals surface area contributed by atoms with Gasteiger partial charge in [0, 0.05) is 3.57 Å². The number of ether oxygens (including phenoxy) is 2. The number of nitrogens with one attached hydrogen (secondary N) is 1. The molecule has 0 aliphatic carbocycles. The molecule has 116 valence electrons. The second-order valence-corrected chi connectivity index (χ2v) is 5.65. The summed E-state index contributed by atoms with van der Waals surface area (Å²) in [6.07, 6.45) is 0. The van der Waals surface area contributed by atoms with Gasteiger partial charge in [-0.15, -0.1) is 0 Å². The molecule has 2 aromatic rings. The van der Waals surface area contributed by atoms with E-state index in [2.05, 4.69) is 27.9 Å². The van der Waals surface area contributed by atoms with Gasteiger partial charge in [0.15, 0.2) is 0 Å². The van der Waals surface area contributed by atoms with Gasteiger partial charge in [-0.3, -0.25) is 4.79 Å². The molecule has 5 heteroatoms. The lowest BCUT2D eigenvalue weighted by molar-refractivity contribution is 0.0946. The Balaban J connectivity index is 1.75. The van der Waals surface area contributed by atoms with E-state index in [1.54, 1.807) is 0 Å². The van der Waals surface area contributed by atoms with Crippen molar-refractivity contribution in [1.82, 2.24) is 5.32 Å². The van der Waals surface area contributed by atoms with Gasteiger partial charge in [-0.2, -0.15) is 0 Å². The van der Waals surface area contributed by atoms with Crippen molar-refractivity contribution >= 4 is 28.5 Å². The van der Waals surface area contributed by atoms with Gasteiger partial charge in [0.2, 0.25) is 0 Å². The summed E-state index contributed by atoms with van der Waals surface area (Å²) >= 11 is 2.15. The van der Waals surface area contributed by atoms with E-state index in [1.807, 2.05) is 55.5 Å². The molecule has 0 spiro atoms. The van der Waals surface area contributed by atoms with Crippen LogP contribution in [0.2, 0.25) is 0 Å². The lowest BCUT2D eigenvalue weighted by Gasteiger charge is -2.09. The fourth-order valence-electron chi connectivity index (χ4n) is 1.87. The molecule has 0 bridgehead atoms. The number of halogens is 1. The Morgan fingerprint density at radius 3 is 2.32 bits per heavy atom. The Bertz CT molecular complexity index is 614. The van der Waals surface area contributed by atoms with Crippen molar-refractivity contribution in [2.24, 2.45) is 0 Å². The van der Waals surface area contributed by atoms with Crippen LogP contribution in [-0.4, -0.2) is 25.7 Å². The van der Waals surface area contributed by atoms with Crippen molar-refractivity contribution in [3.63, 3.8) is 0 Å². The van der Waals surface area contributed by atoms with Gasteiger partial charge in [-0.1, -0.05) is 12.1 Å². The van der Waals surface area contributed by atoms with Crippen molar-refractivity contribution in [3.05, 3.63) is 57.7 Å². The van der Waals surface area contributed by atoms with E-state index in [9.17, 15) is 4.79 Å². The van der Waals surface area contributed by atoms with Crippen LogP contribution in [0.5, 0.6) is 11.5 Å². The Labute approximate surface area is 144 Å². The highest BCUT2D eigenvalue weighted by molar-refractivity contribution is 14.1. The number of benzene rings is 2. The molecule has 22 heavy (non-hydrogen) atoms. The summed E-state index contributed by atoms with van der Waals surface area (Å²) < 4.78 is 11.9. The van der Waals surface area contributed by atoms with E-state index in [0.717, 1.165) is 15.1 Å². The maximum Gasteiger partial charge on any atom is 0.252 e. The van der Waals surface area contributed by atoms with Crippen molar-refractivity contribution in [2.75, 3.05) is 19.8 Å². The normalized spacial score (nSPS) is 10.1. The Kier molecular flexibility index (Phi) is 6.51. The van der Waals surface area contributed by atoms with Crippen LogP contribution in [0, 0.1) is 3.57 Å². The first-order valence-electron chi connectivity index (χ1n) is 7.09. The number of rotatable bonds is 7. The number of carbonyl (C=O) groups is 1. The van der Waals surface area contributed by atoms with Crippen LogP contribution in [0.1, 0.15) is 17.3 Å². The summed E-state index contributed by atoms with van der Waals surface area (Å²) in [5.74, 6) is 1.49. The summed E-state index contributed by atoms with van der Waals surface area (Å²) in [6, 6.07) is 14.9. The van der Waals surface area contributed by atoms with E-state index >= 15 is 0 Å². The number of hydrogen-bond acceptors (Lipinski definition) is 3. The maximum atomic E-state index is 12.0. The molecular weight excluding hydrogens is 393 g/mol. The molecule has 0 saturated carbocycles. The highest BCUT2D eigenvalue weighted by Gasteiger charge is 2.07. The summed E-state index contributed by atoms with van der Waals surface area (Å²) in [4.78, 5) is 12.0. The minimum atomic E-state index is -0.0831. The highest BCUT2D eigenvalue weighted by Crippen LogP contribution is 2.17. The predicted molar refractivity (Wildman–Crippen MR) is 94.6 cm³/mol. The zero-order chi connectivity index (χ0) is 15.8. The molecule has 0 atom stereocenters. The van der Waals surface area contributed by atoms with Gasteiger partial charge in [0.05, 0.1) is 18.7 Å². The number of amides is 1. The minimum absolute atomic E-state index is 0.0831. The molecular formula is C17H18INO3. The number of hydrogen-bond donors (Lipinski definition) is 1. The first-order valence-corrected chi connectivity index (χ1v) is 8.17. The first-order chi connectivity index (χ1) is 10.7. The Morgan fingerprint density at radius 2 is 1.68 bits per heavy atom. The van der Waals surface area contributed by atoms with E-state index in [1.165, 1.54) is 0 Å². The van der Waals surface area contributed by atoms with Crippen LogP contribution in [0.15, 0.2) is 48.5 Å². The van der Waals surface area contributed by atoms with Crippen LogP contribution < -0.4 is 14.8 Å². The fraction of sp³-hybridized carbons (Fsp3) is 0.235. The SMILES string of the molecule is CCOc1ccc(OCCNC(=O)c2ccccc2I)cc1. The molecule has 0 fully saturated rings. The second kappa shape index (κ2) is 8.63. The summed E-state index contributed by atoms with van der Waals surface area (Å²) in [6.45, 7) is 3.46. The fourth-order valence-corrected chi connectivity index (χ4v) is 2.51. The largest absolute Gasteiger partial charge is 0.494 e. The number of carbonyl (C=O) groups excluding carboxylic acids is 1. The third kappa shape index (κ3) is 4.91. The third-order valence-electron chi connectivity index (χ3n) is 2.91. The van der Waals surface area contributed by atoms with Crippen molar-refractivity contribution in [1.29, 1.82) is 0 Å². The quantitative estimate of drug-likeness (QED) is 0.561. The van der Waals surface area contributed by atoms with Gasteiger partial charge in [0.25, 0.3) is 5.91 Å². The van der Waals surface area contributed by atoms with Crippen LogP contribution in [0.3, 0.4) is 0 Å². The van der Waals surface area contributed by atoms with Gasteiger partial charge < -0.3 is 14.8 Å². The van der Waals surface area contributed by atoms with E-state index in [-0.39, 0.29) is 5.91 Å². The molecule has 0 aliphatic heterocycles. The maximum absolute atomic E-state index is 12.0. The molecule has 1 amide bonds.